The van der Waals surface area contributed by atoms with Crippen molar-refractivity contribution in [2.24, 2.45) is 0 Å². The van der Waals surface area contributed by atoms with Gasteiger partial charge in [0.15, 0.2) is 5.78 Å². The van der Waals surface area contributed by atoms with Crippen LogP contribution in [0, 0.1) is 11.6 Å². The van der Waals surface area contributed by atoms with Gasteiger partial charge in [0, 0.05) is 19.5 Å². The van der Waals surface area contributed by atoms with Crippen LogP contribution in [0.2, 0.25) is 0 Å². The van der Waals surface area contributed by atoms with E-state index in [2.05, 4.69) is 0 Å². The van der Waals surface area contributed by atoms with Crippen molar-refractivity contribution in [2.75, 3.05) is 20.2 Å². The summed E-state index contributed by atoms with van der Waals surface area (Å²) in [6.07, 6.45) is 0.306. The van der Waals surface area contributed by atoms with E-state index in [4.69, 9.17) is 4.74 Å². The van der Waals surface area contributed by atoms with Gasteiger partial charge >= 0.3 is 6.09 Å². The number of methoxy groups -OCH3 is 1. The Hall–Kier alpha value is -3.02. The second-order valence-electron chi connectivity index (χ2n) is 6.79. The summed E-state index contributed by atoms with van der Waals surface area (Å²) in [7, 11) is 1.36. The fourth-order valence-electron chi connectivity index (χ4n) is 3.34. The zero-order valence-electron chi connectivity index (χ0n) is 15.8. The normalized spacial score (nSPS) is 14.2. The number of carbonyl (C=O) groups excluding carboxylic acids is 2. The van der Waals surface area contributed by atoms with E-state index in [1.807, 2.05) is 19.1 Å². The molecular formula is C22H21F2NO3. The molecule has 0 unspecified atom stereocenters. The molecule has 146 valence electrons. The average molecular weight is 385 g/mol. The lowest BCUT2D eigenvalue weighted by atomic mass is 9.93. The molecule has 0 aromatic heterocycles. The highest BCUT2D eigenvalue weighted by molar-refractivity contribution is 5.98. The van der Waals surface area contributed by atoms with Crippen LogP contribution in [-0.2, 0) is 11.2 Å². The average Bonchev–Trinajstić information content (AvgIpc) is 2.68. The van der Waals surface area contributed by atoms with E-state index >= 15 is 0 Å². The Bertz CT molecular complexity index is 915. The Morgan fingerprint density at radius 3 is 2.32 bits per heavy atom. The molecule has 1 heterocycles. The predicted octanol–water partition coefficient (Wildman–Crippen LogP) is 4.64. The third kappa shape index (κ3) is 4.11. The summed E-state index contributed by atoms with van der Waals surface area (Å²) in [6.45, 7) is 3.10. The molecule has 1 aliphatic heterocycles. The van der Waals surface area contributed by atoms with E-state index in [1.165, 1.54) is 18.7 Å². The number of benzene rings is 2. The molecule has 3 rings (SSSR count). The second-order valence-corrected chi connectivity index (χ2v) is 6.79. The van der Waals surface area contributed by atoms with Gasteiger partial charge in [-0.1, -0.05) is 35.9 Å². The van der Waals surface area contributed by atoms with Crippen LogP contribution in [-0.4, -0.2) is 37.0 Å². The lowest BCUT2D eigenvalue weighted by Crippen LogP contribution is -2.36. The molecular weight excluding hydrogens is 364 g/mol. The van der Waals surface area contributed by atoms with Gasteiger partial charge in [-0.05, 0) is 42.2 Å². The first-order valence-electron chi connectivity index (χ1n) is 8.98. The molecule has 2 aromatic carbocycles. The number of nitrogens with zero attached hydrogens (tertiary/aromatic N) is 1. The zero-order chi connectivity index (χ0) is 20.3. The summed E-state index contributed by atoms with van der Waals surface area (Å²) >= 11 is 0. The minimum Gasteiger partial charge on any atom is -0.453 e. The van der Waals surface area contributed by atoms with Gasteiger partial charge in [-0.25, -0.2) is 13.6 Å². The number of ketones is 1. The molecule has 0 aliphatic carbocycles. The molecule has 0 saturated heterocycles. The smallest absolute Gasteiger partial charge is 0.409 e. The molecule has 0 fully saturated rings. The van der Waals surface area contributed by atoms with Gasteiger partial charge in [-0.15, -0.1) is 0 Å². The zero-order valence-corrected chi connectivity index (χ0v) is 15.8. The predicted molar refractivity (Wildman–Crippen MR) is 102 cm³/mol. The third-order valence-electron chi connectivity index (χ3n) is 4.96. The number of ether oxygens (including phenoxy) is 1. The molecule has 1 aliphatic rings. The quantitative estimate of drug-likeness (QED) is 0.721. The van der Waals surface area contributed by atoms with Gasteiger partial charge in [-0.2, -0.15) is 0 Å². The lowest BCUT2D eigenvalue weighted by Gasteiger charge is -2.29. The maximum Gasteiger partial charge on any atom is 0.409 e. The first-order valence-corrected chi connectivity index (χ1v) is 8.98. The molecule has 0 radical (unpaired) electrons. The first kappa shape index (κ1) is 19.7. The molecule has 0 N–H and O–H groups in total. The summed E-state index contributed by atoms with van der Waals surface area (Å²) in [5.74, 6) is -2.31. The van der Waals surface area contributed by atoms with Crippen molar-refractivity contribution in [3.05, 3.63) is 76.4 Å². The largest absolute Gasteiger partial charge is 0.453 e. The lowest BCUT2D eigenvalue weighted by molar-refractivity contribution is 0.0984. The molecule has 0 spiro atoms. The van der Waals surface area contributed by atoms with E-state index in [0.717, 1.165) is 29.7 Å². The van der Waals surface area contributed by atoms with E-state index in [0.29, 0.717) is 18.7 Å². The fraction of sp³-hybridized carbons (Fsp3) is 0.273. The number of amides is 1. The molecule has 28 heavy (non-hydrogen) atoms. The topological polar surface area (TPSA) is 46.6 Å². The van der Waals surface area contributed by atoms with Crippen LogP contribution in [0.15, 0.2) is 48.0 Å². The molecule has 0 saturated carbocycles. The van der Waals surface area contributed by atoms with Crippen molar-refractivity contribution in [3.8, 4) is 0 Å². The van der Waals surface area contributed by atoms with Gasteiger partial charge in [0.2, 0.25) is 0 Å². The third-order valence-corrected chi connectivity index (χ3v) is 4.96. The minimum atomic E-state index is -0.854. The Morgan fingerprint density at radius 2 is 1.71 bits per heavy atom. The highest BCUT2D eigenvalue weighted by Gasteiger charge is 2.22. The second kappa shape index (κ2) is 8.33. The summed E-state index contributed by atoms with van der Waals surface area (Å²) in [5.41, 5.74) is 3.33. The Balaban J connectivity index is 1.76. The van der Waals surface area contributed by atoms with Crippen molar-refractivity contribution in [2.45, 2.75) is 19.8 Å². The van der Waals surface area contributed by atoms with E-state index in [-0.39, 0.29) is 12.5 Å². The van der Waals surface area contributed by atoms with E-state index < -0.39 is 23.0 Å². The van der Waals surface area contributed by atoms with Crippen LogP contribution >= 0.6 is 0 Å². The SMILES string of the molecule is COC(=O)N1CCC(C)=C(c2ccc(CC(=O)c3c(F)cccc3F)cc2)C1. The van der Waals surface area contributed by atoms with Crippen LogP contribution in [0.5, 0.6) is 0 Å². The molecule has 1 amide bonds. The Labute approximate surface area is 162 Å². The van der Waals surface area contributed by atoms with Gasteiger partial charge in [0.1, 0.15) is 11.6 Å². The molecule has 6 heteroatoms. The van der Waals surface area contributed by atoms with Crippen molar-refractivity contribution < 1.29 is 23.1 Å². The highest BCUT2D eigenvalue weighted by atomic mass is 19.1. The first-order chi connectivity index (χ1) is 13.4. The van der Waals surface area contributed by atoms with Crippen LogP contribution in [0.1, 0.15) is 34.8 Å². The Morgan fingerprint density at radius 1 is 1.07 bits per heavy atom. The summed E-state index contributed by atoms with van der Waals surface area (Å²) in [6, 6.07) is 10.6. The van der Waals surface area contributed by atoms with Crippen molar-refractivity contribution in [3.63, 3.8) is 0 Å². The monoisotopic (exact) mass is 385 g/mol. The summed E-state index contributed by atoms with van der Waals surface area (Å²) < 4.78 is 32.3. The van der Waals surface area contributed by atoms with Gasteiger partial charge in [0.05, 0.1) is 12.7 Å². The van der Waals surface area contributed by atoms with Crippen LogP contribution in [0.25, 0.3) is 5.57 Å². The van der Waals surface area contributed by atoms with Crippen molar-refractivity contribution in [1.82, 2.24) is 4.90 Å². The van der Waals surface area contributed by atoms with Crippen LogP contribution < -0.4 is 0 Å². The molecule has 4 nitrogen and oxygen atoms in total. The number of halogens is 2. The number of Topliss-reactive ketones (excluding diaryl/α,β-unsaturated/α-hetero) is 1. The fourth-order valence-corrected chi connectivity index (χ4v) is 3.34. The number of carbonyl (C=O) groups is 2. The van der Waals surface area contributed by atoms with Crippen molar-refractivity contribution >= 4 is 17.4 Å². The summed E-state index contributed by atoms with van der Waals surface area (Å²) in [5, 5.41) is 0. The summed E-state index contributed by atoms with van der Waals surface area (Å²) in [4.78, 5) is 25.7. The number of hydrogen-bond donors (Lipinski definition) is 0. The highest BCUT2D eigenvalue weighted by Crippen LogP contribution is 2.27. The molecule has 0 bridgehead atoms. The van der Waals surface area contributed by atoms with Crippen LogP contribution in [0.4, 0.5) is 13.6 Å². The standard InChI is InChI=1S/C22H21F2NO3/c1-14-10-11-25(22(27)28-2)13-17(14)16-8-6-15(7-9-16)12-20(26)21-18(23)4-3-5-19(21)24/h3-9H,10-13H2,1-2H3. The minimum absolute atomic E-state index is 0.0928. The van der Waals surface area contributed by atoms with Gasteiger partial charge in [0.25, 0.3) is 0 Å². The van der Waals surface area contributed by atoms with Gasteiger partial charge < -0.3 is 9.64 Å². The van der Waals surface area contributed by atoms with Crippen LogP contribution in [0.3, 0.4) is 0 Å². The molecule has 0 atom stereocenters. The van der Waals surface area contributed by atoms with Gasteiger partial charge in [-0.3, -0.25) is 4.79 Å². The number of hydrogen-bond acceptors (Lipinski definition) is 3. The maximum absolute atomic E-state index is 13.8. The molecule has 2 aromatic rings. The Kier molecular flexibility index (Phi) is 5.87. The van der Waals surface area contributed by atoms with Crippen molar-refractivity contribution in [1.29, 1.82) is 0 Å². The maximum atomic E-state index is 13.8. The number of rotatable bonds is 4. The van der Waals surface area contributed by atoms with E-state index in [1.54, 1.807) is 17.0 Å². The van der Waals surface area contributed by atoms with E-state index in [9.17, 15) is 18.4 Å².